The number of aryl methyl sites for hydroxylation is 1. The fourth-order valence-electron chi connectivity index (χ4n) is 3.59. The molecule has 0 saturated carbocycles. The predicted molar refractivity (Wildman–Crippen MR) is 107 cm³/mol. The van der Waals surface area contributed by atoms with Crippen LogP contribution in [0.3, 0.4) is 0 Å². The Kier molecular flexibility index (Phi) is 5.89. The van der Waals surface area contributed by atoms with Crippen LogP contribution < -0.4 is 10.6 Å². The summed E-state index contributed by atoms with van der Waals surface area (Å²) in [6.07, 6.45) is 2.52. The minimum Gasteiger partial charge on any atom is -0.460 e. The molecule has 0 bridgehead atoms. The number of cyclic esters (lactones) is 1. The van der Waals surface area contributed by atoms with Crippen molar-refractivity contribution in [1.82, 2.24) is 14.9 Å². The number of benzene rings is 1. The molecule has 10 heteroatoms. The zero-order chi connectivity index (χ0) is 22.1. The quantitative estimate of drug-likeness (QED) is 0.664. The first-order valence-electron chi connectivity index (χ1n) is 9.56. The van der Waals surface area contributed by atoms with Gasteiger partial charge >= 0.3 is 5.97 Å². The molecule has 0 aliphatic carbocycles. The number of esters is 1. The van der Waals surface area contributed by atoms with Gasteiger partial charge in [0, 0.05) is 24.9 Å². The van der Waals surface area contributed by atoms with Crippen molar-refractivity contribution in [3.05, 3.63) is 42.2 Å². The van der Waals surface area contributed by atoms with Gasteiger partial charge in [0.15, 0.2) is 0 Å². The van der Waals surface area contributed by atoms with E-state index in [0.29, 0.717) is 6.42 Å². The number of hydrogen-bond donors (Lipinski definition) is 2. The molecule has 162 valence electrons. The SMILES string of the molecule is Cc1ccc(S(=O)(=O)N2C=CNC(=O)[C@H]2CC(=O)NC2CC(=O)OC(C)(C)C2)cc1. The lowest BCUT2D eigenvalue weighted by Gasteiger charge is -2.35. The highest BCUT2D eigenvalue weighted by atomic mass is 32.2. The van der Waals surface area contributed by atoms with Crippen molar-refractivity contribution in [3.8, 4) is 0 Å². The molecule has 1 aromatic rings. The summed E-state index contributed by atoms with van der Waals surface area (Å²) in [6, 6.07) is 4.54. The van der Waals surface area contributed by atoms with Crippen molar-refractivity contribution < 1.29 is 27.5 Å². The largest absolute Gasteiger partial charge is 0.460 e. The fraction of sp³-hybridized carbons (Fsp3) is 0.450. The van der Waals surface area contributed by atoms with Crippen molar-refractivity contribution in [2.45, 2.75) is 62.6 Å². The van der Waals surface area contributed by atoms with Gasteiger partial charge in [-0.2, -0.15) is 0 Å². The molecule has 3 rings (SSSR count). The van der Waals surface area contributed by atoms with Crippen molar-refractivity contribution in [1.29, 1.82) is 0 Å². The third kappa shape index (κ3) is 4.81. The Morgan fingerprint density at radius 2 is 1.93 bits per heavy atom. The minimum atomic E-state index is -4.04. The van der Waals surface area contributed by atoms with E-state index in [0.717, 1.165) is 9.87 Å². The van der Waals surface area contributed by atoms with E-state index in [-0.39, 0.29) is 17.7 Å². The highest BCUT2D eigenvalue weighted by Crippen LogP contribution is 2.26. The Labute approximate surface area is 175 Å². The Bertz CT molecular complexity index is 984. The summed E-state index contributed by atoms with van der Waals surface area (Å²) >= 11 is 0. The van der Waals surface area contributed by atoms with Gasteiger partial charge < -0.3 is 15.4 Å². The number of nitrogens with one attached hydrogen (secondary N) is 2. The zero-order valence-corrected chi connectivity index (χ0v) is 17.9. The minimum absolute atomic E-state index is 0.0228. The predicted octanol–water partition coefficient (Wildman–Crippen LogP) is 0.946. The molecule has 0 radical (unpaired) electrons. The van der Waals surface area contributed by atoms with Crippen molar-refractivity contribution in [2.24, 2.45) is 0 Å². The summed E-state index contributed by atoms with van der Waals surface area (Å²) in [5, 5.41) is 5.17. The molecular formula is C20H25N3O6S. The lowest BCUT2D eigenvalue weighted by molar-refractivity contribution is -0.165. The maximum absolute atomic E-state index is 13.1. The van der Waals surface area contributed by atoms with E-state index in [2.05, 4.69) is 10.6 Å². The summed E-state index contributed by atoms with van der Waals surface area (Å²) in [5.41, 5.74) is 0.185. The van der Waals surface area contributed by atoms with E-state index in [4.69, 9.17) is 4.74 Å². The average Bonchev–Trinajstić information content (AvgIpc) is 2.61. The first-order valence-corrected chi connectivity index (χ1v) is 11.0. The molecule has 2 N–H and O–H groups in total. The van der Waals surface area contributed by atoms with Crippen LogP contribution in [-0.4, -0.2) is 48.2 Å². The lowest BCUT2D eigenvalue weighted by Crippen LogP contribution is -2.53. The number of hydrogen-bond acceptors (Lipinski definition) is 6. The second-order valence-electron chi connectivity index (χ2n) is 8.10. The number of carbonyl (C=O) groups excluding carboxylic acids is 3. The molecule has 0 aromatic heterocycles. The van der Waals surface area contributed by atoms with Gasteiger partial charge in [-0.15, -0.1) is 0 Å². The number of ether oxygens (including phenoxy) is 1. The van der Waals surface area contributed by atoms with Gasteiger partial charge in [-0.05, 0) is 32.9 Å². The second kappa shape index (κ2) is 8.10. The number of carbonyl (C=O) groups is 3. The maximum Gasteiger partial charge on any atom is 0.308 e. The summed E-state index contributed by atoms with van der Waals surface area (Å²) in [5.74, 6) is -1.55. The van der Waals surface area contributed by atoms with E-state index in [9.17, 15) is 22.8 Å². The molecule has 2 amide bonds. The Hall–Kier alpha value is -2.88. The molecular weight excluding hydrogens is 410 g/mol. The summed E-state index contributed by atoms with van der Waals surface area (Å²) in [6.45, 7) is 5.33. The van der Waals surface area contributed by atoms with Crippen LogP contribution in [0.2, 0.25) is 0 Å². The topological polar surface area (TPSA) is 122 Å². The number of rotatable bonds is 5. The van der Waals surface area contributed by atoms with Crippen molar-refractivity contribution >= 4 is 27.8 Å². The second-order valence-corrected chi connectivity index (χ2v) is 9.94. The van der Waals surface area contributed by atoms with Gasteiger partial charge in [0.2, 0.25) is 11.8 Å². The van der Waals surface area contributed by atoms with Crippen LogP contribution in [0.1, 0.15) is 38.7 Å². The Morgan fingerprint density at radius 3 is 2.57 bits per heavy atom. The van der Waals surface area contributed by atoms with Crippen molar-refractivity contribution in [3.63, 3.8) is 0 Å². The third-order valence-electron chi connectivity index (χ3n) is 4.94. The standard InChI is InChI=1S/C20H25N3O6S/c1-13-4-6-15(7-5-13)30(27,28)23-9-8-21-19(26)16(23)11-17(24)22-14-10-18(25)29-20(2,3)12-14/h4-9,14,16H,10-12H2,1-3H3,(H,21,26)(H,22,24)/t14?,16-/m1/s1. The van der Waals surface area contributed by atoms with Gasteiger partial charge in [-0.25, -0.2) is 8.42 Å². The Morgan fingerprint density at radius 1 is 1.27 bits per heavy atom. The molecule has 0 spiro atoms. The molecule has 9 nitrogen and oxygen atoms in total. The van der Waals surface area contributed by atoms with Gasteiger partial charge in [-0.3, -0.25) is 18.7 Å². The zero-order valence-electron chi connectivity index (χ0n) is 17.0. The van der Waals surface area contributed by atoms with E-state index >= 15 is 0 Å². The normalized spacial score (nSPS) is 23.5. The summed E-state index contributed by atoms with van der Waals surface area (Å²) < 4.78 is 32.2. The highest BCUT2D eigenvalue weighted by Gasteiger charge is 2.39. The maximum atomic E-state index is 13.1. The molecule has 1 fully saturated rings. The van der Waals surface area contributed by atoms with Crippen LogP contribution in [-0.2, 0) is 29.1 Å². The molecule has 1 unspecified atom stereocenters. The molecule has 2 aliphatic heterocycles. The van der Waals surface area contributed by atoms with E-state index < -0.39 is 45.5 Å². The fourth-order valence-corrected chi connectivity index (χ4v) is 5.04. The smallest absolute Gasteiger partial charge is 0.308 e. The number of sulfonamides is 1. The van der Waals surface area contributed by atoms with Crippen LogP contribution in [0.25, 0.3) is 0 Å². The number of amides is 2. The van der Waals surface area contributed by atoms with E-state index in [1.807, 2.05) is 6.92 Å². The van der Waals surface area contributed by atoms with Crippen molar-refractivity contribution in [2.75, 3.05) is 0 Å². The monoisotopic (exact) mass is 435 g/mol. The molecule has 1 aromatic carbocycles. The van der Waals surface area contributed by atoms with Crippen LogP contribution >= 0.6 is 0 Å². The van der Waals surface area contributed by atoms with Gasteiger partial charge in [0.1, 0.15) is 11.6 Å². The summed E-state index contributed by atoms with van der Waals surface area (Å²) in [7, 11) is -4.04. The number of nitrogens with zero attached hydrogens (tertiary/aromatic N) is 1. The van der Waals surface area contributed by atoms with E-state index in [1.54, 1.807) is 26.0 Å². The average molecular weight is 436 g/mol. The molecule has 2 heterocycles. The molecule has 2 atom stereocenters. The van der Waals surface area contributed by atoms with Gasteiger partial charge in [0.25, 0.3) is 10.0 Å². The molecule has 30 heavy (non-hydrogen) atoms. The molecule has 2 aliphatic rings. The molecule has 1 saturated heterocycles. The van der Waals surface area contributed by atoms with Gasteiger partial charge in [-0.1, -0.05) is 17.7 Å². The first kappa shape index (κ1) is 21.8. The van der Waals surface area contributed by atoms with Crippen LogP contribution in [0.5, 0.6) is 0 Å². The lowest BCUT2D eigenvalue weighted by atomic mass is 9.93. The Balaban J connectivity index is 1.76. The summed E-state index contributed by atoms with van der Waals surface area (Å²) in [4.78, 5) is 36.8. The highest BCUT2D eigenvalue weighted by molar-refractivity contribution is 7.89. The van der Waals surface area contributed by atoms with Crippen LogP contribution in [0.15, 0.2) is 41.6 Å². The first-order chi connectivity index (χ1) is 14.0. The van der Waals surface area contributed by atoms with E-state index in [1.165, 1.54) is 24.5 Å². The van der Waals surface area contributed by atoms with Gasteiger partial charge in [0.05, 0.1) is 17.7 Å². The van der Waals surface area contributed by atoms with Crippen LogP contribution in [0.4, 0.5) is 0 Å². The van der Waals surface area contributed by atoms with Crippen LogP contribution in [0, 0.1) is 6.92 Å². The third-order valence-corrected chi connectivity index (χ3v) is 6.74.